The molecule has 0 saturated heterocycles. The van der Waals surface area contributed by atoms with Gasteiger partial charge in [-0.3, -0.25) is 4.79 Å². The summed E-state index contributed by atoms with van der Waals surface area (Å²) in [6.45, 7) is 7.87. The van der Waals surface area contributed by atoms with Gasteiger partial charge in [-0.25, -0.2) is 0 Å². The Morgan fingerprint density at radius 1 is 1.33 bits per heavy atom. The lowest BCUT2D eigenvalue weighted by Crippen LogP contribution is -2.38. The van der Waals surface area contributed by atoms with Crippen LogP contribution in [0.1, 0.15) is 20.8 Å². The first-order chi connectivity index (χ1) is 6.99. The number of rotatable bonds is 7. The smallest absolute Gasteiger partial charge is 0.309 e. The molecule has 4 heteroatoms. The Labute approximate surface area is 93.0 Å². The predicted octanol–water partition coefficient (Wildman–Crippen LogP) is 0.725. The van der Waals surface area contributed by atoms with Crippen molar-refractivity contribution in [2.24, 2.45) is 5.92 Å². The monoisotopic (exact) mass is 216 g/mol. The Balaban J connectivity index is 3.63. The number of likely N-dealkylation sites (N-methyl/N-ethyl adjacent to an activating group) is 1. The van der Waals surface area contributed by atoms with Gasteiger partial charge in [-0.05, 0) is 27.9 Å². The third-order valence-electron chi connectivity index (χ3n) is 2.46. The molecule has 1 N–H and O–H groups in total. The minimum atomic E-state index is -0.123. The topological polar surface area (TPSA) is 41.6 Å². The van der Waals surface area contributed by atoms with Crippen molar-refractivity contribution in [2.45, 2.75) is 26.8 Å². The molecule has 0 aromatic rings. The second-order valence-corrected chi connectivity index (χ2v) is 4.12. The maximum atomic E-state index is 11.3. The number of hydrogen-bond acceptors (Lipinski definition) is 4. The Morgan fingerprint density at radius 3 is 2.40 bits per heavy atom. The van der Waals surface area contributed by atoms with E-state index in [4.69, 9.17) is 4.74 Å². The summed E-state index contributed by atoms with van der Waals surface area (Å²) in [5, 5.41) is 3.26. The predicted molar refractivity (Wildman–Crippen MR) is 61.8 cm³/mol. The summed E-state index contributed by atoms with van der Waals surface area (Å²) < 4.78 is 4.92. The molecular weight excluding hydrogens is 192 g/mol. The van der Waals surface area contributed by atoms with Crippen LogP contribution in [0.15, 0.2) is 0 Å². The van der Waals surface area contributed by atoms with Gasteiger partial charge >= 0.3 is 5.97 Å². The lowest BCUT2D eigenvalue weighted by molar-refractivity contribution is -0.147. The zero-order chi connectivity index (χ0) is 11.8. The van der Waals surface area contributed by atoms with Crippen molar-refractivity contribution in [2.75, 3.05) is 33.8 Å². The fourth-order valence-corrected chi connectivity index (χ4v) is 1.06. The number of esters is 1. The third kappa shape index (κ3) is 6.47. The zero-order valence-electron chi connectivity index (χ0n) is 10.5. The molecule has 15 heavy (non-hydrogen) atoms. The maximum absolute atomic E-state index is 11.3. The molecule has 0 aliphatic heterocycles. The molecule has 0 aliphatic carbocycles. The standard InChI is InChI=1S/C11H24N2O2/c1-6-15-11(14)9(2)7-12-8-10(3)13(4)5/h9-10,12H,6-8H2,1-5H3. The van der Waals surface area contributed by atoms with E-state index >= 15 is 0 Å². The first kappa shape index (κ1) is 14.4. The summed E-state index contributed by atoms with van der Waals surface area (Å²) in [7, 11) is 4.09. The largest absolute Gasteiger partial charge is 0.466 e. The van der Waals surface area contributed by atoms with E-state index in [9.17, 15) is 4.79 Å². The van der Waals surface area contributed by atoms with Crippen molar-refractivity contribution in [3.05, 3.63) is 0 Å². The van der Waals surface area contributed by atoms with E-state index in [-0.39, 0.29) is 11.9 Å². The molecule has 0 bridgehead atoms. The molecule has 0 fully saturated rings. The van der Waals surface area contributed by atoms with Gasteiger partial charge in [0.15, 0.2) is 0 Å². The molecule has 0 saturated carbocycles. The first-order valence-corrected chi connectivity index (χ1v) is 5.52. The highest BCUT2D eigenvalue weighted by Gasteiger charge is 2.13. The number of nitrogens with one attached hydrogen (secondary N) is 1. The number of ether oxygens (including phenoxy) is 1. The molecule has 0 radical (unpaired) electrons. The van der Waals surface area contributed by atoms with E-state index in [1.54, 1.807) is 0 Å². The van der Waals surface area contributed by atoms with Crippen molar-refractivity contribution in [1.29, 1.82) is 0 Å². The summed E-state index contributed by atoms with van der Waals surface area (Å²) in [6, 6.07) is 0.472. The minimum absolute atomic E-state index is 0.0701. The molecule has 0 heterocycles. The average molecular weight is 216 g/mol. The van der Waals surface area contributed by atoms with E-state index in [1.165, 1.54) is 0 Å². The van der Waals surface area contributed by atoms with Crippen molar-refractivity contribution in [3.63, 3.8) is 0 Å². The van der Waals surface area contributed by atoms with Crippen molar-refractivity contribution in [1.82, 2.24) is 10.2 Å². The van der Waals surface area contributed by atoms with Crippen molar-refractivity contribution >= 4 is 5.97 Å². The van der Waals surface area contributed by atoms with Gasteiger partial charge in [0, 0.05) is 19.1 Å². The number of hydrogen-bond donors (Lipinski definition) is 1. The van der Waals surface area contributed by atoms with E-state index in [0.717, 1.165) is 6.54 Å². The molecular formula is C11H24N2O2. The molecule has 2 unspecified atom stereocenters. The molecule has 0 amide bonds. The SMILES string of the molecule is CCOC(=O)C(C)CNCC(C)N(C)C. The number of carbonyl (C=O) groups is 1. The molecule has 2 atom stereocenters. The maximum Gasteiger partial charge on any atom is 0.309 e. The van der Waals surface area contributed by atoms with Gasteiger partial charge in [0.2, 0.25) is 0 Å². The van der Waals surface area contributed by atoms with Crippen LogP contribution in [0.5, 0.6) is 0 Å². The molecule has 0 spiro atoms. The van der Waals surface area contributed by atoms with E-state index < -0.39 is 0 Å². The van der Waals surface area contributed by atoms with E-state index in [1.807, 2.05) is 27.9 Å². The minimum Gasteiger partial charge on any atom is -0.466 e. The third-order valence-corrected chi connectivity index (χ3v) is 2.46. The molecule has 0 aromatic carbocycles. The van der Waals surface area contributed by atoms with Gasteiger partial charge in [0.25, 0.3) is 0 Å². The van der Waals surface area contributed by atoms with Crippen LogP contribution < -0.4 is 5.32 Å². The van der Waals surface area contributed by atoms with Gasteiger partial charge < -0.3 is 15.0 Å². The Morgan fingerprint density at radius 2 is 1.93 bits per heavy atom. The van der Waals surface area contributed by atoms with Crippen LogP contribution in [-0.2, 0) is 9.53 Å². The highest BCUT2D eigenvalue weighted by atomic mass is 16.5. The van der Waals surface area contributed by atoms with Gasteiger partial charge in [-0.2, -0.15) is 0 Å². The van der Waals surface area contributed by atoms with E-state index in [0.29, 0.717) is 19.2 Å². The van der Waals surface area contributed by atoms with Crippen molar-refractivity contribution in [3.8, 4) is 0 Å². The van der Waals surface area contributed by atoms with Gasteiger partial charge in [-0.15, -0.1) is 0 Å². The highest BCUT2D eigenvalue weighted by molar-refractivity contribution is 5.72. The normalized spacial score (nSPS) is 15.1. The van der Waals surface area contributed by atoms with E-state index in [2.05, 4.69) is 17.1 Å². The number of carbonyl (C=O) groups excluding carboxylic acids is 1. The molecule has 0 aliphatic rings. The molecule has 4 nitrogen and oxygen atoms in total. The fourth-order valence-electron chi connectivity index (χ4n) is 1.06. The lowest BCUT2D eigenvalue weighted by atomic mass is 10.2. The van der Waals surface area contributed by atoms with Crippen molar-refractivity contribution < 1.29 is 9.53 Å². The summed E-state index contributed by atoms with van der Waals surface area (Å²) in [6.07, 6.45) is 0. The van der Waals surface area contributed by atoms with Gasteiger partial charge in [0.05, 0.1) is 12.5 Å². The fraction of sp³-hybridized carbons (Fsp3) is 0.909. The quantitative estimate of drug-likeness (QED) is 0.637. The molecule has 0 aromatic heterocycles. The van der Waals surface area contributed by atoms with Crippen LogP contribution in [0.4, 0.5) is 0 Å². The summed E-state index contributed by atoms with van der Waals surface area (Å²) >= 11 is 0. The van der Waals surface area contributed by atoms with Gasteiger partial charge in [-0.1, -0.05) is 6.92 Å². The summed E-state index contributed by atoms with van der Waals surface area (Å²) in [5.41, 5.74) is 0. The Kier molecular flexibility index (Phi) is 7.34. The summed E-state index contributed by atoms with van der Waals surface area (Å²) in [5.74, 6) is -0.193. The van der Waals surface area contributed by atoms with Crippen LogP contribution in [0, 0.1) is 5.92 Å². The Bertz CT molecular complexity index is 183. The highest BCUT2D eigenvalue weighted by Crippen LogP contribution is 1.97. The average Bonchev–Trinajstić information content (AvgIpc) is 2.17. The van der Waals surface area contributed by atoms with Crippen LogP contribution >= 0.6 is 0 Å². The molecule has 90 valence electrons. The molecule has 0 rings (SSSR count). The first-order valence-electron chi connectivity index (χ1n) is 5.52. The van der Waals surface area contributed by atoms with Crippen LogP contribution in [-0.4, -0.2) is 50.7 Å². The van der Waals surface area contributed by atoms with Crippen LogP contribution in [0.3, 0.4) is 0 Å². The Hall–Kier alpha value is -0.610. The lowest BCUT2D eigenvalue weighted by Gasteiger charge is -2.21. The van der Waals surface area contributed by atoms with Crippen LogP contribution in [0.2, 0.25) is 0 Å². The van der Waals surface area contributed by atoms with Gasteiger partial charge in [0.1, 0.15) is 0 Å². The second kappa shape index (κ2) is 7.65. The van der Waals surface area contributed by atoms with Crippen LogP contribution in [0.25, 0.3) is 0 Å². The zero-order valence-corrected chi connectivity index (χ0v) is 10.5. The number of nitrogens with zero attached hydrogens (tertiary/aromatic N) is 1. The summed E-state index contributed by atoms with van der Waals surface area (Å²) in [4.78, 5) is 13.4. The second-order valence-electron chi connectivity index (χ2n) is 4.12.